The fourth-order valence-corrected chi connectivity index (χ4v) is 2.77. The number of benzene rings is 1. The number of aryl methyl sites for hydroxylation is 1. The lowest BCUT2D eigenvalue weighted by Crippen LogP contribution is -1.88. The minimum atomic E-state index is 0.841. The van der Waals surface area contributed by atoms with Crippen LogP contribution in [0.4, 0.5) is 5.69 Å². The molecule has 1 heterocycles. The van der Waals surface area contributed by atoms with E-state index in [4.69, 9.17) is 5.73 Å². The van der Waals surface area contributed by atoms with E-state index in [9.17, 15) is 0 Å². The van der Waals surface area contributed by atoms with E-state index in [-0.39, 0.29) is 0 Å². The van der Waals surface area contributed by atoms with Crippen molar-refractivity contribution in [1.29, 1.82) is 0 Å². The Morgan fingerprint density at radius 2 is 2.29 bits per heavy atom. The van der Waals surface area contributed by atoms with Crippen LogP contribution in [0, 0.1) is 6.92 Å². The summed E-state index contributed by atoms with van der Waals surface area (Å²) in [5, 5.41) is 1.98. The van der Waals surface area contributed by atoms with Gasteiger partial charge in [0.1, 0.15) is 0 Å². The van der Waals surface area contributed by atoms with Crippen molar-refractivity contribution < 1.29 is 0 Å². The molecule has 0 saturated carbocycles. The van der Waals surface area contributed by atoms with Gasteiger partial charge in [-0.1, -0.05) is 11.8 Å². The second kappa shape index (κ2) is 4.02. The molecule has 0 spiro atoms. The lowest BCUT2D eigenvalue weighted by atomic mass is 10.2. The maximum absolute atomic E-state index is 5.74. The van der Waals surface area contributed by atoms with Gasteiger partial charge in [0, 0.05) is 22.2 Å². The Morgan fingerprint density at radius 3 is 2.93 bits per heavy atom. The summed E-state index contributed by atoms with van der Waals surface area (Å²) in [4.78, 5) is 5.40. The quantitative estimate of drug-likeness (QED) is 0.793. The van der Waals surface area contributed by atoms with Crippen LogP contribution in [0.25, 0.3) is 0 Å². The van der Waals surface area contributed by atoms with Crippen LogP contribution in [-0.4, -0.2) is 4.98 Å². The van der Waals surface area contributed by atoms with Crippen LogP contribution >= 0.6 is 23.1 Å². The smallest absolute Gasteiger partial charge is 0.154 e. The predicted octanol–water partition coefficient (Wildman–Crippen LogP) is 3.18. The third-order valence-corrected chi connectivity index (χ3v) is 3.73. The topological polar surface area (TPSA) is 38.9 Å². The Hall–Kier alpha value is -1.00. The Kier molecular flexibility index (Phi) is 2.74. The van der Waals surface area contributed by atoms with E-state index in [1.54, 1.807) is 23.1 Å². The van der Waals surface area contributed by atoms with Crippen molar-refractivity contribution >= 4 is 28.8 Å². The maximum atomic E-state index is 5.74. The van der Waals surface area contributed by atoms with Gasteiger partial charge >= 0.3 is 0 Å². The number of nitrogens with two attached hydrogens (primary N) is 1. The zero-order chi connectivity index (χ0) is 9.97. The minimum Gasteiger partial charge on any atom is -0.399 e. The molecule has 0 aliphatic heterocycles. The molecular weight excluding hydrogens is 212 g/mol. The molecule has 2 N–H and O–H groups in total. The van der Waals surface area contributed by atoms with Crippen molar-refractivity contribution in [2.24, 2.45) is 0 Å². The number of hydrogen-bond donors (Lipinski definition) is 1. The Bertz CT molecular complexity index is 424. The molecule has 2 rings (SSSR count). The molecule has 1 aromatic carbocycles. The average molecular weight is 222 g/mol. The van der Waals surface area contributed by atoms with Crippen LogP contribution in [0.5, 0.6) is 0 Å². The van der Waals surface area contributed by atoms with Gasteiger partial charge in [0.25, 0.3) is 0 Å². The Labute approximate surface area is 91.2 Å². The van der Waals surface area contributed by atoms with E-state index >= 15 is 0 Å². The van der Waals surface area contributed by atoms with Gasteiger partial charge in [0.05, 0.1) is 0 Å². The van der Waals surface area contributed by atoms with E-state index in [1.165, 1.54) is 4.90 Å². The standard InChI is InChI=1S/C10H10N2S2/c1-7-6-8(2-3-9(7)11)14-10-12-4-5-13-10/h2-6H,11H2,1H3. The molecule has 1 aromatic heterocycles. The second-order valence-corrected chi connectivity index (χ2v) is 5.13. The van der Waals surface area contributed by atoms with Crippen LogP contribution < -0.4 is 5.73 Å². The summed E-state index contributed by atoms with van der Waals surface area (Å²) >= 11 is 3.32. The molecule has 2 nitrogen and oxygen atoms in total. The van der Waals surface area contributed by atoms with E-state index in [2.05, 4.69) is 11.1 Å². The summed E-state index contributed by atoms with van der Waals surface area (Å²) < 4.78 is 1.06. The number of nitrogen functional groups attached to an aromatic ring is 1. The molecule has 2 aromatic rings. The number of aromatic nitrogens is 1. The zero-order valence-corrected chi connectivity index (χ0v) is 9.36. The fourth-order valence-electron chi connectivity index (χ4n) is 1.07. The highest BCUT2D eigenvalue weighted by Gasteiger charge is 2.01. The molecule has 0 amide bonds. The number of anilines is 1. The molecule has 0 radical (unpaired) electrons. The van der Waals surface area contributed by atoms with Crippen molar-refractivity contribution in [3.63, 3.8) is 0 Å². The van der Waals surface area contributed by atoms with Gasteiger partial charge in [-0.3, -0.25) is 0 Å². The van der Waals surface area contributed by atoms with Gasteiger partial charge in [-0.15, -0.1) is 11.3 Å². The lowest BCUT2D eigenvalue weighted by molar-refractivity contribution is 1.24. The van der Waals surface area contributed by atoms with Crippen molar-refractivity contribution in [2.45, 2.75) is 16.2 Å². The van der Waals surface area contributed by atoms with Crippen molar-refractivity contribution in [2.75, 3.05) is 5.73 Å². The van der Waals surface area contributed by atoms with Crippen molar-refractivity contribution in [1.82, 2.24) is 4.98 Å². The second-order valence-electron chi connectivity index (χ2n) is 2.92. The first kappa shape index (κ1) is 9.55. The summed E-state index contributed by atoms with van der Waals surface area (Å²) in [6.07, 6.45) is 1.82. The van der Waals surface area contributed by atoms with Crippen LogP contribution in [-0.2, 0) is 0 Å². The third kappa shape index (κ3) is 2.08. The molecule has 72 valence electrons. The highest BCUT2D eigenvalue weighted by Crippen LogP contribution is 2.30. The third-order valence-electron chi connectivity index (χ3n) is 1.86. The first-order chi connectivity index (χ1) is 6.75. The van der Waals surface area contributed by atoms with Crippen LogP contribution in [0.15, 0.2) is 39.0 Å². The molecular formula is C10H10N2S2. The minimum absolute atomic E-state index is 0.841. The highest BCUT2D eigenvalue weighted by atomic mass is 32.2. The number of hydrogen-bond acceptors (Lipinski definition) is 4. The fraction of sp³-hybridized carbons (Fsp3) is 0.100. The molecule has 0 aliphatic rings. The molecule has 14 heavy (non-hydrogen) atoms. The molecule has 0 saturated heterocycles. The Balaban J connectivity index is 2.22. The monoisotopic (exact) mass is 222 g/mol. The van der Waals surface area contributed by atoms with E-state index in [0.29, 0.717) is 0 Å². The van der Waals surface area contributed by atoms with E-state index in [0.717, 1.165) is 15.6 Å². The average Bonchev–Trinajstić information content (AvgIpc) is 2.64. The first-order valence-corrected chi connectivity index (χ1v) is 5.89. The summed E-state index contributed by atoms with van der Waals surface area (Å²) in [7, 11) is 0. The maximum Gasteiger partial charge on any atom is 0.154 e. The number of rotatable bonds is 2. The van der Waals surface area contributed by atoms with Crippen molar-refractivity contribution in [3.05, 3.63) is 35.3 Å². The number of nitrogens with zero attached hydrogens (tertiary/aromatic N) is 1. The van der Waals surface area contributed by atoms with Gasteiger partial charge in [-0.25, -0.2) is 4.98 Å². The molecule has 0 aliphatic carbocycles. The zero-order valence-electron chi connectivity index (χ0n) is 7.73. The normalized spacial score (nSPS) is 10.4. The molecule has 0 bridgehead atoms. The largest absolute Gasteiger partial charge is 0.399 e. The van der Waals surface area contributed by atoms with Crippen molar-refractivity contribution in [3.8, 4) is 0 Å². The summed E-state index contributed by atoms with van der Waals surface area (Å²) in [6, 6.07) is 6.04. The summed E-state index contributed by atoms with van der Waals surface area (Å²) in [6.45, 7) is 2.02. The number of thiazole rings is 1. The first-order valence-electron chi connectivity index (χ1n) is 4.19. The predicted molar refractivity (Wildman–Crippen MR) is 61.8 cm³/mol. The molecule has 0 fully saturated rings. The Morgan fingerprint density at radius 1 is 1.43 bits per heavy atom. The lowest BCUT2D eigenvalue weighted by Gasteiger charge is -2.02. The summed E-state index contributed by atoms with van der Waals surface area (Å²) in [5.41, 5.74) is 7.70. The van der Waals surface area contributed by atoms with Gasteiger partial charge in [0.15, 0.2) is 4.34 Å². The van der Waals surface area contributed by atoms with Gasteiger partial charge < -0.3 is 5.73 Å². The van der Waals surface area contributed by atoms with Gasteiger partial charge in [0.2, 0.25) is 0 Å². The highest BCUT2D eigenvalue weighted by molar-refractivity contribution is 8.01. The van der Waals surface area contributed by atoms with Gasteiger partial charge in [-0.05, 0) is 30.7 Å². The van der Waals surface area contributed by atoms with Crippen LogP contribution in [0.1, 0.15) is 5.56 Å². The van der Waals surface area contributed by atoms with Crippen LogP contribution in [0.3, 0.4) is 0 Å². The van der Waals surface area contributed by atoms with E-state index in [1.807, 2.05) is 30.6 Å². The van der Waals surface area contributed by atoms with E-state index < -0.39 is 0 Å². The van der Waals surface area contributed by atoms with Gasteiger partial charge in [-0.2, -0.15) is 0 Å². The SMILES string of the molecule is Cc1cc(Sc2nccs2)ccc1N. The molecule has 4 heteroatoms. The molecule has 0 atom stereocenters. The molecule has 0 unspecified atom stereocenters. The van der Waals surface area contributed by atoms with Crippen LogP contribution in [0.2, 0.25) is 0 Å². The summed E-state index contributed by atoms with van der Waals surface area (Å²) in [5.74, 6) is 0.